The SMILES string of the molecule is CCc1nc2ccc(NS(=O)(=O)CC)cc2[nH]1. The highest BCUT2D eigenvalue weighted by atomic mass is 32.2. The minimum atomic E-state index is -3.22. The zero-order valence-corrected chi connectivity index (χ0v) is 10.6. The maximum atomic E-state index is 11.4. The minimum Gasteiger partial charge on any atom is -0.342 e. The van der Waals surface area contributed by atoms with Crippen molar-refractivity contribution in [1.29, 1.82) is 0 Å². The topological polar surface area (TPSA) is 74.8 Å². The molecule has 0 aliphatic rings. The summed E-state index contributed by atoms with van der Waals surface area (Å²) in [6.45, 7) is 3.62. The summed E-state index contributed by atoms with van der Waals surface area (Å²) < 4.78 is 25.4. The second-order valence-corrected chi connectivity index (χ2v) is 5.79. The molecule has 1 heterocycles. The Morgan fingerprint density at radius 2 is 2.12 bits per heavy atom. The number of nitrogens with zero attached hydrogens (tertiary/aromatic N) is 1. The number of benzene rings is 1. The summed E-state index contributed by atoms with van der Waals surface area (Å²) in [4.78, 5) is 7.50. The Morgan fingerprint density at radius 1 is 1.35 bits per heavy atom. The van der Waals surface area contributed by atoms with E-state index in [9.17, 15) is 8.42 Å². The first-order valence-corrected chi connectivity index (χ1v) is 7.18. The first-order chi connectivity index (χ1) is 8.04. The summed E-state index contributed by atoms with van der Waals surface area (Å²) in [5, 5.41) is 0. The fourth-order valence-electron chi connectivity index (χ4n) is 1.55. The summed E-state index contributed by atoms with van der Waals surface area (Å²) in [6, 6.07) is 5.28. The Kier molecular flexibility index (Phi) is 3.06. The van der Waals surface area contributed by atoms with E-state index in [1.807, 2.05) is 6.92 Å². The van der Waals surface area contributed by atoms with Crippen LogP contribution in [0.15, 0.2) is 18.2 Å². The van der Waals surface area contributed by atoms with Gasteiger partial charge in [0.1, 0.15) is 5.82 Å². The number of sulfonamides is 1. The molecule has 2 aromatic rings. The molecule has 1 aromatic heterocycles. The number of fused-ring (bicyclic) bond motifs is 1. The molecule has 0 saturated carbocycles. The average Bonchev–Trinajstić information content (AvgIpc) is 2.70. The van der Waals surface area contributed by atoms with Crippen molar-refractivity contribution in [2.24, 2.45) is 0 Å². The fourth-order valence-corrected chi connectivity index (χ4v) is 2.18. The van der Waals surface area contributed by atoms with Gasteiger partial charge in [0.25, 0.3) is 0 Å². The largest absolute Gasteiger partial charge is 0.342 e. The first-order valence-electron chi connectivity index (χ1n) is 5.53. The van der Waals surface area contributed by atoms with Crippen molar-refractivity contribution < 1.29 is 8.42 Å². The zero-order chi connectivity index (χ0) is 12.5. The van der Waals surface area contributed by atoms with E-state index in [1.165, 1.54) is 0 Å². The highest BCUT2D eigenvalue weighted by Crippen LogP contribution is 2.18. The van der Waals surface area contributed by atoms with E-state index in [2.05, 4.69) is 14.7 Å². The van der Waals surface area contributed by atoms with Crippen LogP contribution in [0.3, 0.4) is 0 Å². The molecule has 0 fully saturated rings. The van der Waals surface area contributed by atoms with Gasteiger partial charge < -0.3 is 4.98 Å². The Balaban J connectivity index is 2.37. The Bertz CT molecular complexity index is 631. The van der Waals surface area contributed by atoms with Crippen molar-refractivity contribution in [2.45, 2.75) is 20.3 Å². The van der Waals surface area contributed by atoms with Gasteiger partial charge in [-0.3, -0.25) is 4.72 Å². The van der Waals surface area contributed by atoms with E-state index < -0.39 is 10.0 Å². The van der Waals surface area contributed by atoms with Gasteiger partial charge >= 0.3 is 0 Å². The van der Waals surface area contributed by atoms with Crippen LogP contribution >= 0.6 is 0 Å². The molecular weight excluding hydrogens is 238 g/mol. The molecule has 0 bridgehead atoms. The van der Waals surface area contributed by atoms with E-state index in [4.69, 9.17) is 0 Å². The predicted octanol–water partition coefficient (Wildman–Crippen LogP) is 1.89. The van der Waals surface area contributed by atoms with Crippen LogP contribution in [0, 0.1) is 0 Å². The molecule has 2 rings (SSSR count). The van der Waals surface area contributed by atoms with E-state index in [0.717, 1.165) is 23.3 Å². The minimum absolute atomic E-state index is 0.0637. The monoisotopic (exact) mass is 253 g/mol. The van der Waals surface area contributed by atoms with E-state index in [0.29, 0.717) is 5.69 Å². The molecule has 2 N–H and O–H groups in total. The number of imidazole rings is 1. The highest BCUT2D eigenvalue weighted by Gasteiger charge is 2.08. The van der Waals surface area contributed by atoms with Gasteiger partial charge in [-0.15, -0.1) is 0 Å². The molecular formula is C11H15N3O2S. The van der Waals surface area contributed by atoms with Gasteiger partial charge in [0.15, 0.2) is 0 Å². The number of anilines is 1. The van der Waals surface area contributed by atoms with Gasteiger partial charge in [-0.25, -0.2) is 13.4 Å². The zero-order valence-electron chi connectivity index (χ0n) is 9.82. The van der Waals surface area contributed by atoms with E-state index in [1.54, 1.807) is 25.1 Å². The van der Waals surface area contributed by atoms with Crippen molar-refractivity contribution >= 4 is 26.7 Å². The number of hydrogen-bond donors (Lipinski definition) is 2. The van der Waals surface area contributed by atoms with Crippen LogP contribution in [0.5, 0.6) is 0 Å². The van der Waals surface area contributed by atoms with Gasteiger partial charge in [-0.05, 0) is 25.1 Å². The normalized spacial score (nSPS) is 11.9. The number of H-pyrrole nitrogens is 1. The molecule has 0 amide bonds. The second kappa shape index (κ2) is 4.37. The van der Waals surface area contributed by atoms with Crippen molar-refractivity contribution in [3.8, 4) is 0 Å². The molecule has 5 nitrogen and oxygen atoms in total. The van der Waals surface area contributed by atoms with Crippen LogP contribution in [0.25, 0.3) is 11.0 Å². The summed E-state index contributed by atoms with van der Waals surface area (Å²) in [5.74, 6) is 0.962. The second-order valence-electron chi connectivity index (χ2n) is 3.77. The number of aromatic amines is 1. The molecule has 0 radical (unpaired) electrons. The molecule has 0 saturated heterocycles. The van der Waals surface area contributed by atoms with Crippen LogP contribution in [-0.4, -0.2) is 24.1 Å². The van der Waals surface area contributed by atoms with Crippen molar-refractivity contribution in [2.75, 3.05) is 10.5 Å². The van der Waals surface area contributed by atoms with Gasteiger partial charge in [0.2, 0.25) is 10.0 Å². The number of nitrogens with one attached hydrogen (secondary N) is 2. The third kappa shape index (κ3) is 2.58. The fraction of sp³-hybridized carbons (Fsp3) is 0.364. The third-order valence-electron chi connectivity index (χ3n) is 2.52. The van der Waals surface area contributed by atoms with Gasteiger partial charge in [-0.1, -0.05) is 6.92 Å². The average molecular weight is 253 g/mol. The Labute approximate surface area is 100 Å². The number of hydrogen-bond acceptors (Lipinski definition) is 3. The van der Waals surface area contributed by atoms with Crippen LogP contribution in [0.2, 0.25) is 0 Å². The molecule has 1 aromatic carbocycles. The molecule has 92 valence electrons. The summed E-state index contributed by atoms with van der Waals surface area (Å²) in [5.41, 5.74) is 2.25. The quantitative estimate of drug-likeness (QED) is 0.873. The maximum absolute atomic E-state index is 11.4. The van der Waals surface area contributed by atoms with Gasteiger partial charge in [0, 0.05) is 6.42 Å². The van der Waals surface area contributed by atoms with Crippen LogP contribution in [0.1, 0.15) is 19.7 Å². The lowest BCUT2D eigenvalue weighted by Gasteiger charge is -2.05. The van der Waals surface area contributed by atoms with Crippen LogP contribution in [-0.2, 0) is 16.4 Å². The predicted molar refractivity (Wildman–Crippen MR) is 68.6 cm³/mol. The maximum Gasteiger partial charge on any atom is 0.232 e. The molecule has 0 unspecified atom stereocenters. The summed E-state index contributed by atoms with van der Waals surface area (Å²) >= 11 is 0. The van der Waals surface area contributed by atoms with Crippen LogP contribution < -0.4 is 4.72 Å². The summed E-state index contributed by atoms with van der Waals surface area (Å²) in [7, 11) is -3.22. The molecule has 0 aliphatic carbocycles. The van der Waals surface area contributed by atoms with Gasteiger partial charge in [0.05, 0.1) is 22.5 Å². The number of rotatable bonds is 4. The number of aromatic nitrogens is 2. The lowest BCUT2D eigenvalue weighted by molar-refractivity contribution is 0.602. The van der Waals surface area contributed by atoms with Gasteiger partial charge in [-0.2, -0.15) is 0 Å². The molecule has 6 heteroatoms. The number of aryl methyl sites for hydroxylation is 1. The van der Waals surface area contributed by atoms with Crippen molar-refractivity contribution in [3.63, 3.8) is 0 Å². The molecule has 0 atom stereocenters. The molecule has 0 spiro atoms. The standard InChI is InChI=1S/C11H15N3O2S/c1-3-11-12-9-6-5-8(7-10(9)13-11)14-17(15,16)4-2/h5-7,14H,3-4H2,1-2H3,(H,12,13). The lowest BCUT2D eigenvalue weighted by Crippen LogP contribution is -2.14. The van der Waals surface area contributed by atoms with E-state index in [-0.39, 0.29) is 5.75 Å². The molecule has 17 heavy (non-hydrogen) atoms. The lowest BCUT2D eigenvalue weighted by atomic mass is 10.3. The first kappa shape index (κ1) is 11.9. The van der Waals surface area contributed by atoms with Crippen molar-refractivity contribution in [1.82, 2.24) is 9.97 Å². The van der Waals surface area contributed by atoms with Crippen LogP contribution in [0.4, 0.5) is 5.69 Å². The highest BCUT2D eigenvalue weighted by molar-refractivity contribution is 7.92. The third-order valence-corrected chi connectivity index (χ3v) is 3.83. The Morgan fingerprint density at radius 3 is 2.76 bits per heavy atom. The molecule has 0 aliphatic heterocycles. The Hall–Kier alpha value is -1.56. The van der Waals surface area contributed by atoms with Crippen molar-refractivity contribution in [3.05, 3.63) is 24.0 Å². The van der Waals surface area contributed by atoms with E-state index >= 15 is 0 Å². The smallest absolute Gasteiger partial charge is 0.232 e. The summed E-state index contributed by atoms with van der Waals surface area (Å²) in [6.07, 6.45) is 0.824.